The second kappa shape index (κ2) is 10.9. The first-order chi connectivity index (χ1) is 17.3. The lowest BCUT2D eigenvalue weighted by atomic mass is 10.0. The van der Waals surface area contributed by atoms with Crippen molar-refractivity contribution in [3.8, 4) is 11.5 Å². The zero-order valence-corrected chi connectivity index (χ0v) is 21.2. The first-order valence-corrected chi connectivity index (χ1v) is 12.6. The zero-order chi connectivity index (χ0) is 25.7. The zero-order valence-electron chi connectivity index (χ0n) is 20.4. The van der Waals surface area contributed by atoms with Gasteiger partial charge in [-0.2, -0.15) is 0 Å². The predicted octanol–water partition coefficient (Wildman–Crippen LogP) is 3.92. The molecule has 0 radical (unpaired) electrons. The van der Waals surface area contributed by atoms with Crippen LogP contribution in [-0.4, -0.2) is 43.0 Å². The van der Waals surface area contributed by atoms with E-state index < -0.39 is 23.4 Å². The molecule has 1 aromatic carbocycles. The van der Waals surface area contributed by atoms with E-state index >= 15 is 0 Å². The van der Waals surface area contributed by atoms with Gasteiger partial charge < -0.3 is 24.5 Å². The molecule has 9 nitrogen and oxygen atoms in total. The van der Waals surface area contributed by atoms with Crippen LogP contribution in [-0.2, 0) is 9.59 Å². The Labute approximate surface area is 213 Å². The Balaban J connectivity index is 1.71. The second-order valence-electron chi connectivity index (χ2n) is 8.90. The number of hydrogen-bond acceptors (Lipinski definition) is 7. The summed E-state index contributed by atoms with van der Waals surface area (Å²) < 4.78 is 17.0. The van der Waals surface area contributed by atoms with E-state index in [0.717, 1.165) is 0 Å². The molecule has 0 saturated heterocycles. The maximum Gasteiger partial charge on any atom is 0.261 e. The second-order valence-corrected chi connectivity index (χ2v) is 9.84. The summed E-state index contributed by atoms with van der Waals surface area (Å²) >= 11 is 1.27. The number of anilines is 1. The first kappa shape index (κ1) is 25.3. The number of furan rings is 1. The summed E-state index contributed by atoms with van der Waals surface area (Å²) in [5, 5.41) is 7.46. The number of rotatable bonds is 9. The largest absolute Gasteiger partial charge is 0.486 e. The molecule has 4 rings (SSSR count). The Bertz CT molecular complexity index is 1210. The number of ether oxygens (including phenoxy) is 2. The summed E-state index contributed by atoms with van der Waals surface area (Å²) in [5.74, 6) is 0.0204. The topological polar surface area (TPSA) is 110 Å². The molecule has 3 heterocycles. The highest BCUT2D eigenvalue weighted by Crippen LogP contribution is 2.37. The molecular weight excluding hydrogens is 482 g/mol. The minimum absolute atomic E-state index is 0.284. The third-order valence-corrected chi connectivity index (χ3v) is 6.75. The highest BCUT2D eigenvalue weighted by molar-refractivity contribution is 7.12. The van der Waals surface area contributed by atoms with Crippen molar-refractivity contribution in [1.29, 1.82) is 0 Å². The number of amides is 3. The van der Waals surface area contributed by atoms with Gasteiger partial charge in [-0.3, -0.25) is 19.3 Å². The Kier molecular flexibility index (Phi) is 7.64. The highest BCUT2D eigenvalue weighted by Gasteiger charge is 2.37. The van der Waals surface area contributed by atoms with Crippen LogP contribution in [0.2, 0.25) is 0 Å². The molecule has 2 N–H and O–H groups in total. The van der Waals surface area contributed by atoms with Crippen LogP contribution >= 0.6 is 11.3 Å². The lowest BCUT2D eigenvalue weighted by Gasteiger charge is -2.34. The molecule has 10 heteroatoms. The van der Waals surface area contributed by atoms with Crippen LogP contribution in [0, 0.1) is 0 Å². The number of thiophene rings is 1. The van der Waals surface area contributed by atoms with Crippen LogP contribution in [0.25, 0.3) is 0 Å². The molecule has 0 fully saturated rings. The van der Waals surface area contributed by atoms with E-state index in [2.05, 4.69) is 10.6 Å². The molecule has 3 aromatic rings. The quantitative estimate of drug-likeness (QED) is 0.451. The summed E-state index contributed by atoms with van der Waals surface area (Å²) in [6.07, 6.45) is 2.13. The Morgan fingerprint density at radius 2 is 1.86 bits per heavy atom. The van der Waals surface area contributed by atoms with Gasteiger partial charge in [-0.15, -0.1) is 11.3 Å². The predicted molar refractivity (Wildman–Crippen MR) is 136 cm³/mol. The van der Waals surface area contributed by atoms with Crippen LogP contribution in [0.3, 0.4) is 0 Å². The average molecular weight is 512 g/mol. The summed E-state index contributed by atoms with van der Waals surface area (Å²) in [4.78, 5) is 41.7. The number of nitrogens with zero attached hydrogens (tertiary/aromatic N) is 1. The van der Waals surface area contributed by atoms with Crippen molar-refractivity contribution in [1.82, 2.24) is 10.6 Å². The lowest BCUT2D eigenvalue weighted by Crippen LogP contribution is -2.52. The van der Waals surface area contributed by atoms with E-state index in [9.17, 15) is 14.4 Å². The van der Waals surface area contributed by atoms with Gasteiger partial charge in [-0.1, -0.05) is 13.0 Å². The molecule has 1 unspecified atom stereocenters. The Hall–Kier alpha value is -3.79. The minimum Gasteiger partial charge on any atom is -0.486 e. The number of carbonyl (C=O) groups is 3. The number of fused-ring (bicyclic) bond motifs is 1. The summed E-state index contributed by atoms with van der Waals surface area (Å²) in [7, 11) is 0. The van der Waals surface area contributed by atoms with Crippen LogP contribution in [0.4, 0.5) is 5.69 Å². The van der Waals surface area contributed by atoms with E-state index in [1.54, 1.807) is 47.8 Å². The van der Waals surface area contributed by atoms with Crippen molar-refractivity contribution < 1.29 is 28.3 Å². The summed E-state index contributed by atoms with van der Waals surface area (Å²) in [6.45, 7) is 6.24. The van der Waals surface area contributed by atoms with E-state index in [1.165, 1.54) is 22.5 Å². The van der Waals surface area contributed by atoms with Crippen molar-refractivity contribution in [2.24, 2.45) is 0 Å². The molecule has 0 bridgehead atoms. The van der Waals surface area contributed by atoms with Gasteiger partial charge in [-0.25, -0.2) is 0 Å². The number of benzene rings is 1. The van der Waals surface area contributed by atoms with E-state index in [0.29, 0.717) is 41.7 Å². The molecule has 1 aliphatic heterocycles. The van der Waals surface area contributed by atoms with Gasteiger partial charge in [0.2, 0.25) is 5.91 Å². The fraction of sp³-hybridized carbons (Fsp3) is 0.346. The van der Waals surface area contributed by atoms with Crippen molar-refractivity contribution in [2.45, 2.75) is 38.8 Å². The van der Waals surface area contributed by atoms with Gasteiger partial charge in [0.05, 0.1) is 17.7 Å². The third kappa shape index (κ3) is 5.71. The molecule has 3 amide bonds. The van der Waals surface area contributed by atoms with Crippen molar-refractivity contribution in [3.05, 3.63) is 64.7 Å². The number of nitrogens with one attached hydrogen (secondary N) is 2. The van der Waals surface area contributed by atoms with Crippen LogP contribution in [0.5, 0.6) is 11.5 Å². The normalized spacial score (nSPS) is 13.5. The highest BCUT2D eigenvalue weighted by atomic mass is 32.1. The van der Waals surface area contributed by atoms with Gasteiger partial charge in [0, 0.05) is 17.3 Å². The van der Waals surface area contributed by atoms with E-state index in [4.69, 9.17) is 13.9 Å². The molecule has 0 saturated carbocycles. The standard InChI is InChI=1S/C26H29N3O6S/c1-4-26(2,3)28-25(32)23(19-7-5-11-33-19)29(17-9-10-18-20(15-17)35-13-12-34-18)22(30)16-27-24(31)21-8-6-14-36-21/h5-11,14-15,23H,4,12-13,16H2,1-3H3,(H,27,31)(H,28,32). The lowest BCUT2D eigenvalue weighted by molar-refractivity contribution is -0.128. The molecule has 36 heavy (non-hydrogen) atoms. The SMILES string of the molecule is CCC(C)(C)NC(=O)C(c1ccco1)N(C(=O)CNC(=O)c1cccs1)c1ccc2c(c1)OCCO2. The molecule has 1 atom stereocenters. The fourth-order valence-electron chi connectivity index (χ4n) is 3.67. The monoisotopic (exact) mass is 511 g/mol. The first-order valence-electron chi connectivity index (χ1n) is 11.7. The van der Waals surface area contributed by atoms with Gasteiger partial charge in [0.15, 0.2) is 17.5 Å². The maximum absolute atomic E-state index is 13.7. The van der Waals surface area contributed by atoms with Crippen LogP contribution in [0.15, 0.2) is 58.5 Å². The van der Waals surface area contributed by atoms with Gasteiger partial charge in [0.25, 0.3) is 11.8 Å². The maximum atomic E-state index is 13.7. The van der Waals surface area contributed by atoms with Crippen molar-refractivity contribution in [3.63, 3.8) is 0 Å². The Morgan fingerprint density at radius 1 is 1.08 bits per heavy atom. The van der Waals surface area contributed by atoms with Gasteiger partial charge in [-0.05, 0) is 56.0 Å². The van der Waals surface area contributed by atoms with Crippen molar-refractivity contribution in [2.75, 3.05) is 24.7 Å². The summed E-state index contributed by atoms with van der Waals surface area (Å²) in [6, 6.07) is 10.6. The van der Waals surface area contributed by atoms with Gasteiger partial charge >= 0.3 is 0 Å². The smallest absolute Gasteiger partial charge is 0.261 e. The Morgan fingerprint density at radius 3 is 2.53 bits per heavy atom. The number of carbonyl (C=O) groups excluding carboxylic acids is 3. The molecule has 1 aliphatic rings. The van der Waals surface area contributed by atoms with E-state index in [-0.39, 0.29) is 18.2 Å². The number of hydrogen-bond donors (Lipinski definition) is 2. The molecular formula is C26H29N3O6S. The van der Waals surface area contributed by atoms with Crippen LogP contribution < -0.4 is 25.0 Å². The average Bonchev–Trinajstić information content (AvgIpc) is 3.60. The van der Waals surface area contributed by atoms with Crippen molar-refractivity contribution >= 4 is 34.7 Å². The molecule has 0 spiro atoms. The van der Waals surface area contributed by atoms with Gasteiger partial charge in [0.1, 0.15) is 19.0 Å². The third-order valence-electron chi connectivity index (χ3n) is 5.88. The molecule has 0 aliphatic carbocycles. The molecule has 2 aromatic heterocycles. The summed E-state index contributed by atoms with van der Waals surface area (Å²) in [5.41, 5.74) is -0.114. The molecule has 190 valence electrons. The minimum atomic E-state index is -1.13. The van der Waals surface area contributed by atoms with Crippen LogP contribution in [0.1, 0.15) is 48.7 Å². The fourth-order valence-corrected chi connectivity index (χ4v) is 4.31. The van der Waals surface area contributed by atoms with E-state index in [1.807, 2.05) is 20.8 Å².